The van der Waals surface area contributed by atoms with E-state index in [0.717, 1.165) is 0 Å². The fourth-order valence-electron chi connectivity index (χ4n) is 1.52. The van der Waals surface area contributed by atoms with Crippen LogP contribution in [0.15, 0.2) is 30.3 Å². The van der Waals surface area contributed by atoms with E-state index >= 15 is 0 Å². The molecule has 0 saturated carbocycles. The number of rotatable bonds is 8. The number of benzene rings is 1. The van der Waals surface area contributed by atoms with Crippen LogP contribution in [0, 0.1) is 0 Å². The summed E-state index contributed by atoms with van der Waals surface area (Å²) in [6.07, 6.45) is 0.372. The molecule has 1 aromatic carbocycles. The first kappa shape index (κ1) is 16.1. The number of ether oxygens (including phenoxy) is 1. The largest absolute Gasteiger partial charge is 0.389 e. The van der Waals surface area contributed by atoms with E-state index < -0.39 is 15.6 Å². The van der Waals surface area contributed by atoms with Gasteiger partial charge in [0.15, 0.2) is 0 Å². The molecule has 19 heavy (non-hydrogen) atoms. The minimum absolute atomic E-state index is 0.0223. The van der Waals surface area contributed by atoms with Crippen molar-refractivity contribution < 1.29 is 18.3 Å². The van der Waals surface area contributed by atoms with Crippen LogP contribution < -0.4 is 4.72 Å². The molecule has 0 spiro atoms. The fraction of sp³-hybridized carbons (Fsp3) is 0.538. The van der Waals surface area contributed by atoms with Crippen molar-refractivity contribution in [3.63, 3.8) is 0 Å². The third-order valence-corrected chi connectivity index (χ3v) is 4.01. The highest BCUT2D eigenvalue weighted by Crippen LogP contribution is 2.10. The molecule has 5 nitrogen and oxygen atoms in total. The molecule has 0 fully saturated rings. The predicted octanol–water partition coefficient (Wildman–Crippen LogP) is 0.893. The quantitative estimate of drug-likeness (QED) is 0.744. The first-order valence-corrected chi connectivity index (χ1v) is 7.72. The zero-order chi connectivity index (χ0) is 14.4. The Bertz CT molecular complexity index is 471. The maximum atomic E-state index is 11.9. The van der Waals surface area contributed by atoms with Gasteiger partial charge in [0, 0.05) is 26.7 Å². The van der Waals surface area contributed by atoms with Gasteiger partial charge in [-0.3, -0.25) is 0 Å². The van der Waals surface area contributed by atoms with Crippen molar-refractivity contribution in [2.24, 2.45) is 0 Å². The van der Waals surface area contributed by atoms with Gasteiger partial charge in [-0.25, -0.2) is 13.1 Å². The second-order valence-corrected chi connectivity index (χ2v) is 6.61. The van der Waals surface area contributed by atoms with Gasteiger partial charge in [-0.2, -0.15) is 0 Å². The highest BCUT2D eigenvalue weighted by molar-refractivity contribution is 7.88. The summed E-state index contributed by atoms with van der Waals surface area (Å²) in [5.74, 6) is -0.0891. The van der Waals surface area contributed by atoms with Crippen molar-refractivity contribution in [2.45, 2.75) is 24.7 Å². The Morgan fingerprint density at radius 3 is 2.53 bits per heavy atom. The summed E-state index contributed by atoms with van der Waals surface area (Å²) < 4.78 is 31.0. The van der Waals surface area contributed by atoms with Crippen molar-refractivity contribution in [3.8, 4) is 0 Å². The number of aliphatic hydroxyl groups is 1. The number of nitrogens with one attached hydrogen (secondary N) is 1. The van der Waals surface area contributed by atoms with Crippen LogP contribution in [0.5, 0.6) is 0 Å². The number of methoxy groups -OCH3 is 1. The van der Waals surface area contributed by atoms with Crippen molar-refractivity contribution in [2.75, 3.05) is 20.3 Å². The van der Waals surface area contributed by atoms with E-state index in [1.165, 1.54) is 7.11 Å². The van der Waals surface area contributed by atoms with Gasteiger partial charge in [0.05, 0.1) is 11.4 Å². The van der Waals surface area contributed by atoms with E-state index in [1.807, 2.05) is 6.07 Å². The van der Waals surface area contributed by atoms with Crippen LogP contribution in [0.2, 0.25) is 0 Å². The van der Waals surface area contributed by atoms with Gasteiger partial charge >= 0.3 is 0 Å². The van der Waals surface area contributed by atoms with E-state index in [0.29, 0.717) is 18.6 Å². The summed E-state index contributed by atoms with van der Waals surface area (Å²) in [6.45, 7) is 1.94. The zero-order valence-corrected chi connectivity index (χ0v) is 12.1. The lowest BCUT2D eigenvalue weighted by molar-refractivity contribution is 0.0292. The number of hydrogen-bond donors (Lipinski definition) is 2. The third kappa shape index (κ3) is 6.68. The van der Waals surface area contributed by atoms with Crippen LogP contribution in [0.1, 0.15) is 18.9 Å². The maximum Gasteiger partial charge on any atom is 0.215 e. The molecule has 0 heterocycles. The highest BCUT2D eigenvalue weighted by atomic mass is 32.2. The van der Waals surface area contributed by atoms with Gasteiger partial charge in [-0.1, -0.05) is 30.3 Å². The summed E-state index contributed by atoms with van der Waals surface area (Å²) in [5.41, 5.74) is -0.397. The first-order valence-electron chi connectivity index (χ1n) is 6.07. The van der Waals surface area contributed by atoms with E-state index in [2.05, 4.69) is 4.72 Å². The van der Waals surface area contributed by atoms with Crippen LogP contribution in [-0.4, -0.2) is 39.4 Å². The second-order valence-electron chi connectivity index (χ2n) is 4.81. The lowest BCUT2D eigenvalue weighted by atomic mass is 10.0. The van der Waals surface area contributed by atoms with Crippen LogP contribution in [0.4, 0.5) is 0 Å². The smallest absolute Gasteiger partial charge is 0.215 e. The fourth-order valence-corrected chi connectivity index (χ4v) is 2.78. The Kier molecular flexibility index (Phi) is 5.93. The standard InChI is InChI=1S/C13H21NO4S/c1-13(15,8-9-18-2)11-14-19(16,17)10-12-6-4-3-5-7-12/h3-7,14-15H,8-11H2,1-2H3. The lowest BCUT2D eigenvalue weighted by Crippen LogP contribution is -2.41. The average Bonchev–Trinajstić information content (AvgIpc) is 2.35. The Hall–Kier alpha value is -0.950. The van der Waals surface area contributed by atoms with Gasteiger partial charge in [-0.05, 0) is 12.5 Å². The average molecular weight is 287 g/mol. The molecule has 0 aliphatic carbocycles. The molecule has 0 aliphatic heterocycles. The van der Waals surface area contributed by atoms with Gasteiger partial charge < -0.3 is 9.84 Å². The first-order chi connectivity index (χ1) is 8.85. The molecule has 0 aromatic heterocycles. The molecule has 0 saturated heterocycles. The molecular weight excluding hydrogens is 266 g/mol. The molecule has 6 heteroatoms. The molecule has 0 amide bonds. The Labute approximate surface area is 114 Å². The normalized spacial score (nSPS) is 15.1. The molecule has 0 aliphatic rings. The van der Waals surface area contributed by atoms with Crippen LogP contribution in [-0.2, 0) is 20.5 Å². The predicted molar refractivity (Wildman–Crippen MR) is 74.2 cm³/mol. The second kappa shape index (κ2) is 7.00. The number of sulfonamides is 1. The van der Waals surface area contributed by atoms with Crippen LogP contribution in [0.3, 0.4) is 0 Å². The molecule has 0 bridgehead atoms. The van der Waals surface area contributed by atoms with E-state index in [4.69, 9.17) is 4.74 Å². The lowest BCUT2D eigenvalue weighted by Gasteiger charge is -2.23. The zero-order valence-electron chi connectivity index (χ0n) is 11.3. The molecule has 1 rings (SSSR count). The summed E-state index contributed by atoms with van der Waals surface area (Å²) in [4.78, 5) is 0. The van der Waals surface area contributed by atoms with E-state index in [9.17, 15) is 13.5 Å². The van der Waals surface area contributed by atoms with Crippen LogP contribution in [0.25, 0.3) is 0 Å². The summed E-state index contributed by atoms with van der Waals surface area (Å²) >= 11 is 0. The van der Waals surface area contributed by atoms with E-state index in [-0.39, 0.29) is 12.3 Å². The SMILES string of the molecule is COCCC(C)(O)CNS(=O)(=O)Cc1ccccc1. The monoisotopic (exact) mass is 287 g/mol. The van der Waals surface area contributed by atoms with Crippen molar-refractivity contribution >= 4 is 10.0 Å². The van der Waals surface area contributed by atoms with Gasteiger partial charge in [0.2, 0.25) is 10.0 Å². The van der Waals surface area contributed by atoms with Crippen molar-refractivity contribution in [3.05, 3.63) is 35.9 Å². The topological polar surface area (TPSA) is 75.6 Å². The molecule has 0 radical (unpaired) electrons. The van der Waals surface area contributed by atoms with Gasteiger partial charge in [0.1, 0.15) is 0 Å². The summed E-state index contributed by atoms with van der Waals surface area (Å²) in [7, 11) is -1.91. The molecule has 108 valence electrons. The van der Waals surface area contributed by atoms with Crippen molar-refractivity contribution in [1.29, 1.82) is 0 Å². The van der Waals surface area contributed by atoms with E-state index in [1.54, 1.807) is 31.2 Å². The minimum atomic E-state index is -3.44. The Morgan fingerprint density at radius 1 is 1.32 bits per heavy atom. The maximum absolute atomic E-state index is 11.9. The number of hydrogen-bond acceptors (Lipinski definition) is 4. The Balaban J connectivity index is 2.51. The molecule has 1 aromatic rings. The summed E-state index contributed by atoms with van der Waals surface area (Å²) in [5, 5.41) is 9.97. The van der Waals surface area contributed by atoms with Crippen molar-refractivity contribution in [1.82, 2.24) is 4.72 Å². The molecular formula is C13H21NO4S. The van der Waals surface area contributed by atoms with Gasteiger partial charge in [0.25, 0.3) is 0 Å². The Morgan fingerprint density at radius 2 is 1.95 bits per heavy atom. The molecule has 2 N–H and O–H groups in total. The highest BCUT2D eigenvalue weighted by Gasteiger charge is 2.23. The third-order valence-electron chi connectivity index (χ3n) is 2.72. The minimum Gasteiger partial charge on any atom is -0.389 e. The molecule has 1 unspecified atom stereocenters. The van der Waals surface area contributed by atoms with Crippen LogP contribution >= 0.6 is 0 Å². The summed E-state index contributed by atoms with van der Waals surface area (Å²) in [6, 6.07) is 8.92. The van der Waals surface area contributed by atoms with Gasteiger partial charge in [-0.15, -0.1) is 0 Å². The molecule has 1 atom stereocenters.